The maximum Gasteiger partial charge on any atom is 0.133 e. The van der Waals surface area contributed by atoms with E-state index in [9.17, 15) is 0 Å². The van der Waals surface area contributed by atoms with E-state index < -0.39 is 0 Å². The third kappa shape index (κ3) is 1.89. The number of hydrogen-bond donors (Lipinski definition) is 0. The largest absolute Gasteiger partial charge is 0.464 e. The standard InChI is InChI=1S/C13H15NO/c1-10-6-7-11(9-12(10)14(2)3)13-5-4-8-15-13/h4-9H,1-3H3. The molecule has 0 aliphatic carbocycles. The maximum absolute atomic E-state index is 5.38. The molecule has 0 radical (unpaired) electrons. The second-order valence-corrected chi connectivity index (χ2v) is 3.87. The first kappa shape index (κ1) is 9.84. The smallest absolute Gasteiger partial charge is 0.133 e. The molecule has 1 aromatic heterocycles. The zero-order valence-corrected chi connectivity index (χ0v) is 9.32. The SMILES string of the molecule is Cc1ccc(-c2ccco2)cc1N(C)C. The maximum atomic E-state index is 5.38. The lowest BCUT2D eigenvalue weighted by Gasteiger charge is -2.16. The van der Waals surface area contributed by atoms with E-state index in [1.54, 1.807) is 6.26 Å². The zero-order chi connectivity index (χ0) is 10.8. The van der Waals surface area contributed by atoms with Crippen molar-refractivity contribution in [1.29, 1.82) is 0 Å². The molecule has 0 N–H and O–H groups in total. The van der Waals surface area contributed by atoms with Gasteiger partial charge in [0.1, 0.15) is 5.76 Å². The van der Waals surface area contributed by atoms with Crippen LogP contribution < -0.4 is 4.90 Å². The van der Waals surface area contributed by atoms with Crippen molar-refractivity contribution in [2.24, 2.45) is 0 Å². The molecule has 0 saturated heterocycles. The van der Waals surface area contributed by atoms with Crippen molar-refractivity contribution in [1.82, 2.24) is 0 Å². The summed E-state index contributed by atoms with van der Waals surface area (Å²) in [6.45, 7) is 2.11. The van der Waals surface area contributed by atoms with Crippen molar-refractivity contribution in [3.05, 3.63) is 42.2 Å². The van der Waals surface area contributed by atoms with Crippen LogP contribution in [0.25, 0.3) is 11.3 Å². The van der Waals surface area contributed by atoms with E-state index in [1.807, 2.05) is 26.2 Å². The highest BCUT2D eigenvalue weighted by Gasteiger charge is 2.05. The van der Waals surface area contributed by atoms with Gasteiger partial charge in [0.25, 0.3) is 0 Å². The van der Waals surface area contributed by atoms with Crippen molar-refractivity contribution >= 4 is 5.69 Å². The molecule has 1 heterocycles. The Balaban J connectivity index is 2.48. The second-order valence-electron chi connectivity index (χ2n) is 3.87. The van der Waals surface area contributed by atoms with Gasteiger partial charge >= 0.3 is 0 Å². The van der Waals surface area contributed by atoms with Crippen LogP contribution in [0.5, 0.6) is 0 Å². The summed E-state index contributed by atoms with van der Waals surface area (Å²) >= 11 is 0. The van der Waals surface area contributed by atoms with E-state index in [0.29, 0.717) is 0 Å². The van der Waals surface area contributed by atoms with E-state index in [1.165, 1.54) is 11.3 Å². The van der Waals surface area contributed by atoms with Gasteiger partial charge in [-0.25, -0.2) is 0 Å². The highest BCUT2D eigenvalue weighted by molar-refractivity contribution is 5.66. The molecule has 2 rings (SSSR count). The summed E-state index contributed by atoms with van der Waals surface area (Å²) < 4.78 is 5.38. The molecule has 2 aromatic rings. The Bertz CT molecular complexity index is 444. The van der Waals surface area contributed by atoms with Crippen LogP contribution in [0.15, 0.2) is 41.0 Å². The van der Waals surface area contributed by atoms with Gasteiger partial charge in [-0.05, 0) is 30.7 Å². The average Bonchev–Trinajstić information content (AvgIpc) is 2.71. The quantitative estimate of drug-likeness (QED) is 0.741. The van der Waals surface area contributed by atoms with Gasteiger partial charge in [0, 0.05) is 25.3 Å². The Morgan fingerprint density at radius 1 is 1.13 bits per heavy atom. The third-order valence-electron chi connectivity index (χ3n) is 2.50. The number of benzene rings is 1. The number of anilines is 1. The molecular formula is C13H15NO. The van der Waals surface area contributed by atoms with Crippen LogP contribution in [0.3, 0.4) is 0 Å². The lowest BCUT2D eigenvalue weighted by Crippen LogP contribution is -2.10. The Kier molecular flexibility index (Phi) is 2.50. The van der Waals surface area contributed by atoms with Crippen molar-refractivity contribution in [2.45, 2.75) is 6.92 Å². The molecule has 0 spiro atoms. The molecule has 0 amide bonds. The van der Waals surface area contributed by atoms with Crippen LogP contribution in [0.4, 0.5) is 5.69 Å². The van der Waals surface area contributed by atoms with Crippen LogP contribution >= 0.6 is 0 Å². The lowest BCUT2D eigenvalue weighted by atomic mass is 10.1. The molecule has 2 heteroatoms. The first-order valence-electron chi connectivity index (χ1n) is 5.00. The minimum Gasteiger partial charge on any atom is -0.464 e. The normalized spacial score (nSPS) is 10.3. The van der Waals surface area contributed by atoms with Gasteiger partial charge in [-0.15, -0.1) is 0 Å². The van der Waals surface area contributed by atoms with Gasteiger partial charge < -0.3 is 9.32 Å². The average molecular weight is 201 g/mol. The fourth-order valence-corrected chi connectivity index (χ4v) is 1.69. The first-order valence-corrected chi connectivity index (χ1v) is 5.00. The summed E-state index contributed by atoms with van der Waals surface area (Å²) in [5.74, 6) is 0.915. The van der Waals surface area contributed by atoms with Crippen LogP contribution in [-0.2, 0) is 0 Å². The Labute approximate surface area is 90.1 Å². The topological polar surface area (TPSA) is 16.4 Å². The molecule has 2 nitrogen and oxygen atoms in total. The predicted octanol–water partition coefficient (Wildman–Crippen LogP) is 3.32. The van der Waals surface area contributed by atoms with Gasteiger partial charge in [-0.3, -0.25) is 0 Å². The van der Waals surface area contributed by atoms with Crippen molar-refractivity contribution in [3.8, 4) is 11.3 Å². The summed E-state index contributed by atoms with van der Waals surface area (Å²) in [6.07, 6.45) is 1.70. The van der Waals surface area contributed by atoms with E-state index in [4.69, 9.17) is 4.42 Å². The monoisotopic (exact) mass is 201 g/mol. The number of aryl methyl sites for hydroxylation is 1. The van der Waals surface area contributed by atoms with E-state index >= 15 is 0 Å². The van der Waals surface area contributed by atoms with E-state index in [-0.39, 0.29) is 0 Å². The molecule has 0 bridgehead atoms. The molecule has 0 saturated carbocycles. The van der Waals surface area contributed by atoms with Gasteiger partial charge in [0.05, 0.1) is 6.26 Å². The molecule has 0 aliphatic heterocycles. The van der Waals surface area contributed by atoms with E-state index in [2.05, 4.69) is 30.0 Å². The molecule has 0 atom stereocenters. The Morgan fingerprint density at radius 3 is 2.53 bits per heavy atom. The number of hydrogen-bond acceptors (Lipinski definition) is 2. The lowest BCUT2D eigenvalue weighted by molar-refractivity contribution is 0.582. The molecule has 0 aliphatic rings. The Morgan fingerprint density at radius 2 is 1.93 bits per heavy atom. The fraction of sp³-hybridized carbons (Fsp3) is 0.231. The molecule has 78 valence electrons. The van der Waals surface area contributed by atoms with Gasteiger partial charge in [-0.2, -0.15) is 0 Å². The summed E-state index contributed by atoms with van der Waals surface area (Å²) in [7, 11) is 4.10. The van der Waals surface area contributed by atoms with Crippen LogP contribution in [0.2, 0.25) is 0 Å². The summed E-state index contributed by atoms with van der Waals surface area (Å²) in [6, 6.07) is 10.2. The third-order valence-corrected chi connectivity index (χ3v) is 2.50. The zero-order valence-electron chi connectivity index (χ0n) is 9.32. The highest BCUT2D eigenvalue weighted by atomic mass is 16.3. The molecule has 0 unspecified atom stereocenters. The van der Waals surface area contributed by atoms with Crippen molar-refractivity contribution in [2.75, 3.05) is 19.0 Å². The molecular weight excluding hydrogens is 186 g/mol. The van der Waals surface area contributed by atoms with Gasteiger partial charge in [0.2, 0.25) is 0 Å². The fourth-order valence-electron chi connectivity index (χ4n) is 1.69. The summed E-state index contributed by atoms with van der Waals surface area (Å²) in [5, 5.41) is 0. The highest BCUT2D eigenvalue weighted by Crippen LogP contribution is 2.26. The van der Waals surface area contributed by atoms with Crippen LogP contribution in [-0.4, -0.2) is 14.1 Å². The number of rotatable bonds is 2. The predicted molar refractivity (Wildman–Crippen MR) is 63.2 cm³/mol. The molecule has 15 heavy (non-hydrogen) atoms. The minimum atomic E-state index is 0.915. The van der Waals surface area contributed by atoms with Crippen LogP contribution in [0.1, 0.15) is 5.56 Å². The first-order chi connectivity index (χ1) is 7.18. The van der Waals surface area contributed by atoms with E-state index in [0.717, 1.165) is 11.3 Å². The summed E-state index contributed by atoms with van der Waals surface area (Å²) in [4.78, 5) is 2.11. The number of furan rings is 1. The minimum absolute atomic E-state index is 0.915. The van der Waals surface area contributed by atoms with Crippen molar-refractivity contribution < 1.29 is 4.42 Å². The van der Waals surface area contributed by atoms with Crippen LogP contribution in [0, 0.1) is 6.92 Å². The molecule has 0 fully saturated rings. The Hall–Kier alpha value is -1.70. The van der Waals surface area contributed by atoms with Gasteiger partial charge in [-0.1, -0.05) is 12.1 Å². The van der Waals surface area contributed by atoms with Gasteiger partial charge in [0.15, 0.2) is 0 Å². The molecule has 1 aromatic carbocycles. The summed E-state index contributed by atoms with van der Waals surface area (Å²) in [5.41, 5.74) is 3.62. The number of nitrogens with zero attached hydrogens (tertiary/aromatic N) is 1. The van der Waals surface area contributed by atoms with Crippen molar-refractivity contribution in [3.63, 3.8) is 0 Å². The second kappa shape index (κ2) is 3.81.